The van der Waals surface area contributed by atoms with E-state index in [2.05, 4.69) is 0 Å². The van der Waals surface area contributed by atoms with E-state index in [4.69, 9.17) is 26.8 Å². The Bertz CT molecular complexity index is 343. The molecule has 8 heteroatoms. The van der Waals surface area contributed by atoms with E-state index in [0.717, 1.165) is 57.8 Å². The lowest BCUT2D eigenvalue weighted by Crippen LogP contribution is -2.29. The number of hydrogen-bond acceptors (Lipinski definition) is 5. The van der Waals surface area contributed by atoms with Gasteiger partial charge in [-0.3, -0.25) is 14.4 Å². The molecule has 0 saturated heterocycles. The zero-order chi connectivity index (χ0) is 19.5. The summed E-state index contributed by atoms with van der Waals surface area (Å²) in [5.41, 5.74) is 10.4. The summed E-state index contributed by atoms with van der Waals surface area (Å²) in [6, 6.07) is -0.716. The van der Waals surface area contributed by atoms with Crippen molar-refractivity contribution in [2.24, 2.45) is 11.5 Å². The molecule has 25 heavy (non-hydrogen) atoms. The van der Waals surface area contributed by atoms with Crippen LogP contribution in [0.25, 0.3) is 0 Å². The molecule has 0 aromatic rings. The average molecular weight is 362 g/mol. The summed E-state index contributed by atoms with van der Waals surface area (Å²) in [5.74, 6) is -2.38. The predicted octanol–water partition coefficient (Wildman–Crippen LogP) is 2.19. The molecule has 0 aliphatic heterocycles. The highest BCUT2D eigenvalue weighted by molar-refractivity contribution is 5.72. The molecule has 0 spiro atoms. The summed E-state index contributed by atoms with van der Waals surface area (Å²) in [4.78, 5) is 30.5. The highest BCUT2D eigenvalue weighted by atomic mass is 16.4. The molecular formula is C17H34N2O6. The molecule has 0 aromatic heterocycles. The summed E-state index contributed by atoms with van der Waals surface area (Å²) < 4.78 is 0. The first kappa shape index (κ1) is 25.6. The fourth-order valence-corrected chi connectivity index (χ4v) is 2.07. The van der Waals surface area contributed by atoms with Crippen LogP contribution in [-0.4, -0.2) is 45.8 Å². The van der Waals surface area contributed by atoms with Gasteiger partial charge < -0.3 is 26.8 Å². The third-order valence-corrected chi connectivity index (χ3v) is 3.57. The minimum absolute atomic E-state index is 0.263. The molecule has 0 heterocycles. The van der Waals surface area contributed by atoms with E-state index >= 15 is 0 Å². The molecule has 0 saturated carbocycles. The van der Waals surface area contributed by atoms with Crippen molar-refractivity contribution < 1.29 is 29.7 Å². The molecule has 148 valence electrons. The fraction of sp³-hybridized carbons (Fsp3) is 0.824. The summed E-state index contributed by atoms with van der Waals surface area (Å²) >= 11 is 0. The molecule has 0 unspecified atom stereocenters. The zero-order valence-electron chi connectivity index (χ0n) is 15.0. The average Bonchev–Trinajstić information content (AvgIpc) is 2.53. The van der Waals surface area contributed by atoms with Gasteiger partial charge in [0.1, 0.15) is 6.04 Å². The lowest BCUT2D eigenvalue weighted by Gasteiger charge is -2.03. The number of carbonyl (C=O) groups is 3. The third-order valence-electron chi connectivity index (χ3n) is 3.57. The van der Waals surface area contributed by atoms with Gasteiger partial charge >= 0.3 is 17.9 Å². The maximum atomic E-state index is 10.2. The second-order valence-electron chi connectivity index (χ2n) is 5.99. The number of aliphatic carboxylic acids is 3. The van der Waals surface area contributed by atoms with Crippen LogP contribution in [0.1, 0.15) is 77.0 Å². The van der Waals surface area contributed by atoms with E-state index in [-0.39, 0.29) is 12.8 Å². The van der Waals surface area contributed by atoms with Crippen molar-refractivity contribution in [3.05, 3.63) is 0 Å². The van der Waals surface area contributed by atoms with E-state index in [0.29, 0.717) is 13.0 Å². The zero-order valence-corrected chi connectivity index (χ0v) is 15.0. The number of nitrogens with two attached hydrogens (primary N) is 2. The maximum Gasteiger partial charge on any atom is 0.320 e. The normalized spacial score (nSPS) is 11.3. The Labute approximate surface area is 149 Å². The van der Waals surface area contributed by atoms with Gasteiger partial charge in [0.05, 0.1) is 0 Å². The molecule has 8 nitrogen and oxygen atoms in total. The van der Waals surface area contributed by atoms with Gasteiger partial charge in [-0.2, -0.15) is 0 Å². The van der Waals surface area contributed by atoms with E-state index in [9.17, 15) is 14.4 Å². The van der Waals surface area contributed by atoms with Gasteiger partial charge in [0.25, 0.3) is 0 Å². The molecule has 0 aromatic carbocycles. The summed E-state index contributed by atoms with van der Waals surface area (Å²) in [5, 5.41) is 25.1. The van der Waals surface area contributed by atoms with Crippen molar-refractivity contribution in [1.82, 2.24) is 0 Å². The molecule has 0 rings (SSSR count). The Morgan fingerprint density at radius 1 is 0.680 bits per heavy atom. The highest BCUT2D eigenvalue weighted by Gasteiger charge is 2.09. The van der Waals surface area contributed by atoms with Crippen LogP contribution >= 0.6 is 0 Å². The molecule has 7 N–H and O–H groups in total. The van der Waals surface area contributed by atoms with Crippen molar-refractivity contribution in [3.8, 4) is 0 Å². The van der Waals surface area contributed by atoms with Crippen LogP contribution in [-0.2, 0) is 14.4 Å². The predicted molar refractivity (Wildman–Crippen MR) is 95.3 cm³/mol. The number of hydrogen-bond donors (Lipinski definition) is 5. The lowest BCUT2D eigenvalue weighted by atomic mass is 10.1. The SMILES string of the molecule is NCCCC[C@H](N)C(=O)O.O=C(O)CCCCCCCCCC(=O)O. The van der Waals surface area contributed by atoms with E-state index in [1.165, 1.54) is 0 Å². The van der Waals surface area contributed by atoms with Crippen LogP contribution in [0.3, 0.4) is 0 Å². The Morgan fingerprint density at radius 3 is 1.40 bits per heavy atom. The Hall–Kier alpha value is -1.67. The standard InChI is InChI=1S/C11H20O4.C6H14N2O2/c12-10(13)8-6-4-2-1-3-5-7-9-11(14)15;7-4-2-1-3-5(8)6(9)10/h1-9H2,(H,12,13)(H,14,15);5H,1-4,7-8H2,(H,9,10)/t;5-/m.0/s1. The van der Waals surface area contributed by atoms with Gasteiger partial charge in [0.2, 0.25) is 0 Å². The Balaban J connectivity index is 0. The maximum absolute atomic E-state index is 10.2. The van der Waals surface area contributed by atoms with Crippen molar-refractivity contribution >= 4 is 17.9 Å². The van der Waals surface area contributed by atoms with Crippen molar-refractivity contribution in [3.63, 3.8) is 0 Å². The van der Waals surface area contributed by atoms with E-state index in [1.807, 2.05) is 0 Å². The number of carboxylic acid groups (broad SMARTS) is 3. The monoisotopic (exact) mass is 362 g/mol. The van der Waals surface area contributed by atoms with Gasteiger partial charge in [-0.15, -0.1) is 0 Å². The molecule has 0 fully saturated rings. The lowest BCUT2D eigenvalue weighted by molar-refractivity contribution is -0.139. The van der Waals surface area contributed by atoms with E-state index < -0.39 is 23.9 Å². The first-order valence-corrected chi connectivity index (χ1v) is 8.93. The molecule has 0 radical (unpaired) electrons. The topological polar surface area (TPSA) is 164 Å². The van der Waals surface area contributed by atoms with Gasteiger partial charge in [-0.1, -0.05) is 38.5 Å². The second-order valence-corrected chi connectivity index (χ2v) is 5.99. The van der Waals surface area contributed by atoms with Crippen LogP contribution in [0.5, 0.6) is 0 Å². The first-order valence-electron chi connectivity index (χ1n) is 8.93. The van der Waals surface area contributed by atoms with Gasteiger partial charge in [0.15, 0.2) is 0 Å². The van der Waals surface area contributed by atoms with Gasteiger partial charge in [-0.05, 0) is 32.2 Å². The third kappa shape index (κ3) is 24.7. The van der Waals surface area contributed by atoms with E-state index in [1.54, 1.807) is 0 Å². The van der Waals surface area contributed by atoms with Crippen LogP contribution in [0.15, 0.2) is 0 Å². The first-order chi connectivity index (χ1) is 11.8. The smallest absolute Gasteiger partial charge is 0.320 e. The highest BCUT2D eigenvalue weighted by Crippen LogP contribution is 2.09. The minimum Gasteiger partial charge on any atom is -0.481 e. The molecule has 1 atom stereocenters. The quantitative estimate of drug-likeness (QED) is 0.277. The molecule has 0 bridgehead atoms. The van der Waals surface area contributed by atoms with Crippen LogP contribution in [0, 0.1) is 0 Å². The minimum atomic E-state index is -0.933. The molecule has 0 amide bonds. The van der Waals surface area contributed by atoms with Crippen LogP contribution in [0.4, 0.5) is 0 Å². The fourth-order valence-electron chi connectivity index (χ4n) is 2.07. The second kappa shape index (κ2) is 18.7. The summed E-state index contributed by atoms with van der Waals surface area (Å²) in [7, 11) is 0. The van der Waals surface area contributed by atoms with Crippen LogP contribution < -0.4 is 11.5 Å². The molecule has 0 aliphatic rings. The largest absolute Gasteiger partial charge is 0.481 e. The van der Waals surface area contributed by atoms with Gasteiger partial charge in [0, 0.05) is 12.8 Å². The van der Waals surface area contributed by atoms with Crippen molar-refractivity contribution in [2.75, 3.05) is 6.54 Å². The number of unbranched alkanes of at least 4 members (excludes halogenated alkanes) is 7. The number of rotatable bonds is 15. The summed E-state index contributed by atoms with van der Waals surface area (Å²) in [6.07, 6.45) is 9.32. The van der Waals surface area contributed by atoms with Crippen molar-refractivity contribution in [1.29, 1.82) is 0 Å². The Morgan fingerprint density at radius 2 is 1.08 bits per heavy atom. The molecular weight excluding hydrogens is 328 g/mol. The number of carboxylic acids is 3. The Kier molecular flexibility index (Phi) is 19.1. The van der Waals surface area contributed by atoms with Crippen LogP contribution in [0.2, 0.25) is 0 Å². The molecule has 0 aliphatic carbocycles. The van der Waals surface area contributed by atoms with Crippen molar-refractivity contribution in [2.45, 2.75) is 83.1 Å². The summed E-state index contributed by atoms with van der Waals surface area (Å²) in [6.45, 7) is 0.604. The van der Waals surface area contributed by atoms with Gasteiger partial charge in [-0.25, -0.2) is 0 Å².